The number of piperazine rings is 1. The van der Waals surface area contributed by atoms with Crippen molar-refractivity contribution in [2.45, 2.75) is 46.3 Å². The Morgan fingerprint density at radius 1 is 1.13 bits per heavy atom. The number of hydrogen-bond acceptors (Lipinski definition) is 4. The molecule has 2 aromatic heterocycles. The van der Waals surface area contributed by atoms with Gasteiger partial charge in [-0.3, -0.25) is 19.1 Å². The molecule has 0 radical (unpaired) electrons. The number of benzene rings is 1. The van der Waals surface area contributed by atoms with E-state index in [1.165, 1.54) is 12.1 Å². The first-order valence-electron chi connectivity index (χ1n) is 10.6. The average molecular weight is 413 g/mol. The van der Waals surface area contributed by atoms with Crippen LogP contribution in [0.3, 0.4) is 0 Å². The topological polar surface area (TPSA) is 59.2 Å². The molecule has 1 aliphatic heterocycles. The van der Waals surface area contributed by atoms with Gasteiger partial charge in [-0.25, -0.2) is 4.39 Å². The lowest BCUT2D eigenvalue weighted by Gasteiger charge is -2.34. The molecule has 30 heavy (non-hydrogen) atoms. The molecule has 8 heteroatoms. The van der Waals surface area contributed by atoms with E-state index >= 15 is 0 Å². The van der Waals surface area contributed by atoms with Crippen molar-refractivity contribution in [3.63, 3.8) is 0 Å². The molecular weight excluding hydrogens is 383 g/mol. The summed E-state index contributed by atoms with van der Waals surface area (Å²) in [6.07, 6.45) is 2.27. The van der Waals surface area contributed by atoms with Crippen molar-refractivity contribution in [3.8, 4) is 0 Å². The molecule has 0 N–H and O–H groups in total. The van der Waals surface area contributed by atoms with Crippen LogP contribution in [0, 0.1) is 12.7 Å². The molecule has 160 valence electrons. The Bertz CT molecular complexity index is 1010. The molecule has 3 aromatic rings. The Morgan fingerprint density at radius 2 is 1.83 bits per heavy atom. The van der Waals surface area contributed by atoms with E-state index in [0.717, 1.165) is 55.0 Å². The first-order valence-corrected chi connectivity index (χ1v) is 10.6. The van der Waals surface area contributed by atoms with Gasteiger partial charge >= 0.3 is 0 Å². The molecule has 1 saturated heterocycles. The van der Waals surface area contributed by atoms with Crippen LogP contribution >= 0.6 is 0 Å². The first-order chi connectivity index (χ1) is 14.4. The minimum absolute atomic E-state index is 0.161. The van der Waals surface area contributed by atoms with Gasteiger partial charge in [0.2, 0.25) is 5.91 Å². The van der Waals surface area contributed by atoms with Gasteiger partial charge in [-0.2, -0.15) is 10.2 Å². The van der Waals surface area contributed by atoms with Crippen LogP contribution in [0.1, 0.15) is 37.6 Å². The summed E-state index contributed by atoms with van der Waals surface area (Å²) >= 11 is 0. The quantitative estimate of drug-likeness (QED) is 0.625. The molecule has 0 unspecified atom stereocenters. The van der Waals surface area contributed by atoms with E-state index in [1.807, 2.05) is 39.5 Å². The third-order valence-corrected chi connectivity index (χ3v) is 5.74. The van der Waals surface area contributed by atoms with E-state index in [1.54, 1.807) is 0 Å². The minimum Gasteiger partial charge on any atom is -0.340 e. The number of amides is 1. The smallest absolute Gasteiger partial charge is 0.224 e. The molecule has 1 aliphatic rings. The molecule has 4 rings (SSSR count). The van der Waals surface area contributed by atoms with Gasteiger partial charge in [0.1, 0.15) is 16.9 Å². The minimum atomic E-state index is -0.213. The Morgan fingerprint density at radius 3 is 2.50 bits per heavy atom. The summed E-state index contributed by atoms with van der Waals surface area (Å²) in [5.74, 6) is -0.0515. The van der Waals surface area contributed by atoms with Crippen LogP contribution in [0.5, 0.6) is 0 Å². The van der Waals surface area contributed by atoms with Crippen molar-refractivity contribution in [3.05, 3.63) is 47.5 Å². The standard InChI is InChI=1S/C22H29FN6O/c1-16(2)29-20-14-24-28(22(20)17(3)25-29)9-8-21(30)27-12-10-26(11-13-27)15-18-4-6-19(23)7-5-18/h4-7,14,16H,8-13,15H2,1-3H3. The van der Waals surface area contributed by atoms with Gasteiger partial charge in [0.25, 0.3) is 0 Å². The lowest BCUT2D eigenvalue weighted by atomic mass is 10.2. The van der Waals surface area contributed by atoms with E-state index in [2.05, 4.69) is 28.9 Å². The maximum atomic E-state index is 13.1. The highest BCUT2D eigenvalue weighted by molar-refractivity contribution is 5.79. The number of halogens is 1. The maximum absolute atomic E-state index is 13.1. The zero-order valence-corrected chi connectivity index (χ0v) is 17.9. The van der Waals surface area contributed by atoms with Crippen LogP contribution in [-0.4, -0.2) is 61.4 Å². The second kappa shape index (κ2) is 8.55. The Labute approximate surface area is 176 Å². The van der Waals surface area contributed by atoms with Crippen LogP contribution in [-0.2, 0) is 17.9 Å². The lowest BCUT2D eigenvalue weighted by molar-refractivity contribution is -0.133. The summed E-state index contributed by atoms with van der Waals surface area (Å²) in [4.78, 5) is 17.0. The van der Waals surface area contributed by atoms with Gasteiger partial charge in [-0.05, 0) is 38.5 Å². The summed E-state index contributed by atoms with van der Waals surface area (Å²) in [5.41, 5.74) is 4.07. The zero-order chi connectivity index (χ0) is 21.3. The lowest BCUT2D eigenvalue weighted by Crippen LogP contribution is -2.48. The fraction of sp³-hybridized carbons (Fsp3) is 0.500. The number of aryl methyl sites for hydroxylation is 2. The molecule has 0 bridgehead atoms. The third-order valence-electron chi connectivity index (χ3n) is 5.74. The highest BCUT2D eigenvalue weighted by Gasteiger charge is 2.22. The largest absolute Gasteiger partial charge is 0.340 e. The van der Waals surface area contributed by atoms with Gasteiger partial charge < -0.3 is 4.90 Å². The predicted molar refractivity (Wildman–Crippen MR) is 114 cm³/mol. The van der Waals surface area contributed by atoms with E-state index in [9.17, 15) is 9.18 Å². The fourth-order valence-electron chi connectivity index (χ4n) is 4.10. The average Bonchev–Trinajstić information content (AvgIpc) is 3.30. The SMILES string of the molecule is Cc1nn(C(C)C)c2cnn(CCC(=O)N3CCN(Cc4ccc(F)cc4)CC3)c12. The fourth-order valence-corrected chi connectivity index (χ4v) is 4.10. The number of rotatable bonds is 6. The van der Waals surface area contributed by atoms with Gasteiger partial charge in [-0.15, -0.1) is 0 Å². The van der Waals surface area contributed by atoms with E-state index in [4.69, 9.17) is 0 Å². The molecule has 3 heterocycles. The van der Waals surface area contributed by atoms with Crippen LogP contribution in [0.25, 0.3) is 11.0 Å². The Hall–Kier alpha value is -2.74. The van der Waals surface area contributed by atoms with Crippen molar-refractivity contribution < 1.29 is 9.18 Å². The van der Waals surface area contributed by atoms with Gasteiger partial charge in [0.05, 0.1) is 18.4 Å². The van der Waals surface area contributed by atoms with Crippen molar-refractivity contribution in [1.29, 1.82) is 0 Å². The molecule has 0 aliphatic carbocycles. The summed E-state index contributed by atoms with van der Waals surface area (Å²) in [6, 6.07) is 6.90. The van der Waals surface area contributed by atoms with Crippen molar-refractivity contribution in [2.75, 3.05) is 26.2 Å². The molecule has 0 spiro atoms. The number of aromatic nitrogens is 4. The van der Waals surface area contributed by atoms with Gasteiger partial charge in [-0.1, -0.05) is 12.1 Å². The normalized spacial score (nSPS) is 15.4. The Balaban J connectivity index is 1.30. The molecule has 1 amide bonds. The van der Waals surface area contributed by atoms with Crippen molar-refractivity contribution >= 4 is 16.9 Å². The summed E-state index contributed by atoms with van der Waals surface area (Å²) < 4.78 is 16.9. The number of carbonyl (C=O) groups is 1. The van der Waals surface area contributed by atoms with Gasteiger partial charge in [0, 0.05) is 45.2 Å². The maximum Gasteiger partial charge on any atom is 0.224 e. The number of carbonyl (C=O) groups excluding carboxylic acids is 1. The van der Waals surface area contributed by atoms with E-state index < -0.39 is 0 Å². The summed E-state index contributed by atoms with van der Waals surface area (Å²) in [6.45, 7) is 10.6. The zero-order valence-electron chi connectivity index (χ0n) is 17.9. The van der Waals surface area contributed by atoms with E-state index in [0.29, 0.717) is 13.0 Å². The van der Waals surface area contributed by atoms with Crippen LogP contribution in [0.4, 0.5) is 4.39 Å². The summed E-state index contributed by atoms with van der Waals surface area (Å²) in [5, 5.41) is 9.10. The molecular formula is C22H29FN6O. The highest BCUT2D eigenvalue weighted by atomic mass is 19.1. The van der Waals surface area contributed by atoms with Crippen LogP contribution < -0.4 is 0 Å². The number of fused-ring (bicyclic) bond motifs is 1. The first kappa shape index (κ1) is 20.5. The van der Waals surface area contributed by atoms with Crippen molar-refractivity contribution in [2.24, 2.45) is 0 Å². The van der Waals surface area contributed by atoms with Crippen molar-refractivity contribution in [1.82, 2.24) is 29.4 Å². The molecule has 0 atom stereocenters. The number of hydrogen-bond donors (Lipinski definition) is 0. The second-order valence-electron chi connectivity index (χ2n) is 8.26. The number of nitrogens with zero attached hydrogens (tertiary/aromatic N) is 6. The molecule has 0 saturated carbocycles. The molecule has 1 fully saturated rings. The third kappa shape index (κ3) is 4.23. The second-order valence-corrected chi connectivity index (χ2v) is 8.26. The molecule has 7 nitrogen and oxygen atoms in total. The molecule has 1 aromatic carbocycles. The van der Waals surface area contributed by atoms with Gasteiger partial charge in [0.15, 0.2) is 0 Å². The predicted octanol–water partition coefficient (Wildman–Crippen LogP) is 3.00. The summed E-state index contributed by atoms with van der Waals surface area (Å²) in [7, 11) is 0. The van der Waals surface area contributed by atoms with E-state index in [-0.39, 0.29) is 17.8 Å². The Kier molecular flexibility index (Phi) is 5.85. The monoisotopic (exact) mass is 412 g/mol. The van der Waals surface area contributed by atoms with Crippen LogP contribution in [0.2, 0.25) is 0 Å². The van der Waals surface area contributed by atoms with Crippen LogP contribution in [0.15, 0.2) is 30.5 Å². The highest BCUT2D eigenvalue weighted by Crippen LogP contribution is 2.21.